The molecular weight excluding hydrogens is 324 g/mol. The molecule has 3 saturated carbocycles. The fraction of sp³-hybridized carbons (Fsp3) is 0.826. The molecule has 144 valence electrons. The van der Waals surface area contributed by atoms with Crippen LogP contribution in [0.5, 0.6) is 0 Å². The Morgan fingerprint density at radius 3 is 2.62 bits per heavy atom. The molecule has 0 aromatic rings. The molecule has 0 heterocycles. The number of carbonyl (C=O) groups excluding carboxylic acids is 2. The van der Waals surface area contributed by atoms with Gasteiger partial charge in [0.25, 0.3) is 0 Å². The summed E-state index contributed by atoms with van der Waals surface area (Å²) >= 11 is 0. The minimum atomic E-state index is -0.482. The Morgan fingerprint density at radius 2 is 1.96 bits per heavy atom. The van der Waals surface area contributed by atoms with Crippen LogP contribution in [-0.4, -0.2) is 22.8 Å². The number of Topliss-reactive ketones (excluding diaryl/α,β-unsaturated/α-hetero) is 1. The van der Waals surface area contributed by atoms with Crippen LogP contribution in [0, 0.1) is 40.4 Å². The summed E-state index contributed by atoms with van der Waals surface area (Å²) in [7, 11) is 0. The van der Waals surface area contributed by atoms with Crippen LogP contribution in [0.4, 0.5) is 0 Å². The normalized spacial score (nSPS) is 50.5. The Labute approximate surface area is 157 Å². The van der Waals surface area contributed by atoms with Gasteiger partial charge >= 0.3 is 0 Å². The van der Waals surface area contributed by atoms with Crippen LogP contribution in [0.15, 0.2) is 11.6 Å². The maximum absolute atomic E-state index is 12.5. The van der Waals surface area contributed by atoms with Crippen molar-refractivity contribution in [2.24, 2.45) is 40.4 Å². The van der Waals surface area contributed by atoms with Crippen LogP contribution in [0.1, 0.15) is 72.6 Å². The molecule has 26 heavy (non-hydrogen) atoms. The van der Waals surface area contributed by atoms with Crippen LogP contribution in [0.3, 0.4) is 0 Å². The van der Waals surface area contributed by atoms with E-state index in [1.165, 1.54) is 0 Å². The van der Waals surface area contributed by atoms with Crippen molar-refractivity contribution in [2.75, 3.05) is 0 Å². The Morgan fingerprint density at radius 1 is 1.23 bits per heavy atom. The third kappa shape index (κ3) is 2.35. The van der Waals surface area contributed by atoms with Gasteiger partial charge in [-0.1, -0.05) is 27.2 Å². The van der Waals surface area contributed by atoms with Crippen LogP contribution in [-0.2, 0) is 9.59 Å². The lowest BCUT2D eigenvalue weighted by molar-refractivity contribution is -0.131. The van der Waals surface area contributed by atoms with Gasteiger partial charge in [-0.3, -0.25) is 9.59 Å². The predicted molar refractivity (Wildman–Crippen MR) is 101 cm³/mol. The van der Waals surface area contributed by atoms with E-state index in [1.807, 2.05) is 0 Å². The summed E-state index contributed by atoms with van der Waals surface area (Å²) in [6.45, 7) is 8.67. The number of hydrogen-bond acceptors (Lipinski definition) is 3. The van der Waals surface area contributed by atoms with E-state index in [0.717, 1.165) is 44.1 Å². The standard InChI is InChI=1S/C23H34O3/c1-5-14-10-18-16-12-20(26)19-11-15(25)6-8-22(19,3)17(16)7-9-23(18,4)21(14)13(2)24/h11,14,16-18,20-21,26H,5-10,12H2,1-4H3/t14-,16-,17+,18-,20-,21+,22-,23+/m1/s1. The Bertz CT molecular complexity index is 664. The van der Waals surface area contributed by atoms with Crippen molar-refractivity contribution in [3.05, 3.63) is 11.6 Å². The van der Waals surface area contributed by atoms with Gasteiger partial charge in [0.05, 0.1) is 6.10 Å². The first-order valence-electron chi connectivity index (χ1n) is 10.7. The van der Waals surface area contributed by atoms with E-state index in [9.17, 15) is 14.7 Å². The summed E-state index contributed by atoms with van der Waals surface area (Å²) in [6, 6.07) is 0. The van der Waals surface area contributed by atoms with Gasteiger partial charge < -0.3 is 5.11 Å². The van der Waals surface area contributed by atoms with Gasteiger partial charge in [0.2, 0.25) is 0 Å². The quantitative estimate of drug-likeness (QED) is 0.799. The zero-order valence-corrected chi connectivity index (χ0v) is 16.8. The molecule has 4 aliphatic carbocycles. The molecule has 3 fully saturated rings. The summed E-state index contributed by atoms with van der Waals surface area (Å²) in [5, 5.41) is 10.9. The highest BCUT2D eigenvalue weighted by molar-refractivity contribution is 5.91. The first-order chi connectivity index (χ1) is 12.2. The van der Waals surface area contributed by atoms with Crippen molar-refractivity contribution in [1.29, 1.82) is 0 Å². The van der Waals surface area contributed by atoms with Crippen molar-refractivity contribution in [1.82, 2.24) is 0 Å². The number of rotatable bonds is 2. The lowest BCUT2D eigenvalue weighted by Crippen LogP contribution is -2.54. The third-order valence-electron chi connectivity index (χ3n) is 9.12. The Kier molecular flexibility index (Phi) is 4.26. The van der Waals surface area contributed by atoms with Gasteiger partial charge in [0.15, 0.2) is 5.78 Å². The average molecular weight is 359 g/mol. The summed E-state index contributed by atoms with van der Waals surface area (Å²) in [5.74, 6) is 2.80. The van der Waals surface area contributed by atoms with Gasteiger partial charge in [-0.2, -0.15) is 0 Å². The fourth-order valence-electron chi connectivity index (χ4n) is 7.98. The monoisotopic (exact) mass is 358 g/mol. The molecular formula is C23H34O3. The second-order valence-corrected chi connectivity index (χ2v) is 10.1. The average Bonchev–Trinajstić information content (AvgIpc) is 2.89. The number of aliphatic hydroxyl groups excluding tert-OH is 1. The van der Waals surface area contributed by atoms with Crippen molar-refractivity contribution in [3.63, 3.8) is 0 Å². The van der Waals surface area contributed by atoms with Crippen molar-refractivity contribution < 1.29 is 14.7 Å². The smallest absolute Gasteiger partial charge is 0.155 e. The van der Waals surface area contributed by atoms with Crippen molar-refractivity contribution in [2.45, 2.75) is 78.7 Å². The molecule has 4 rings (SSSR count). The van der Waals surface area contributed by atoms with Crippen LogP contribution < -0.4 is 0 Å². The molecule has 0 saturated heterocycles. The maximum Gasteiger partial charge on any atom is 0.155 e. The summed E-state index contributed by atoms with van der Waals surface area (Å²) in [4.78, 5) is 24.5. The first kappa shape index (κ1) is 18.4. The van der Waals surface area contributed by atoms with Crippen LogP contribution >= 0.6 is 0 Å². The summed E-state index contributed by atoms with van der Waals surface area (Å²) < 4.78 is 0. The van der Waals surface area contributed by atoms with E-state index in [1.54, 1.807) is 13.0 Å². The van der Waals surface area contributed by atoms with Gasteiger partial charge in [0, 0.05) is 12.3 Å². The molecule has 0 bridgehead atoms. The second-order valence-electron chi connectivity index (χ2n) is 10.1. The Hall–Kier alpha value is -0.960. The highest BCUT2D eigenvalue weighted by atomic mass is 16.3. The molecule has 3 heteroatoms. The van der Waals surface area contributed by atoms with Gasteiger partial charge in [-0.25, -0.2) is 0 Å². The minimum absolute atomic E-state index is 0.0341. The summed E-state index contributed by atoms with van der Waals surface area (Å²) in [5.41, 5.74) is 1.06. The van der Waals surface area contributed by atoms with E-state index in [4.69, 9.17) is 0 Å². The topological polar surface area (TPSA) is 54.4 Å². The van der Waals surface area contributed by atoms with Crippen molar-refractivity contribution in [3.8, 4) is 0 Å². The summed E-state index contributed by atoms with van der Waals surface area (Å²) in [6.07, 6.45) is 8.02. The molecule has 0 unspecified atom stereocenters. The number of carbonyl (C=O) groups is 2. The second kappa shape index (κ2) is 6.02. The SMILES string of the molecule is CC[C@@H]1C[C@@H]2[C@@H]3C[C@@H](O)C4=CC(=O)CC[C@]4(C)[C@H]3CC[C@]2(C)[C@H]1C(C)=O. The lowest BCUT2D eigenvalue weighted by atomic mass is 9.46. The van der Waals surface area contributed by atoms with E-state index in [-0.39, 0.29) is 22.5 Å². The zero-order valence-electron chi connectivity index (χ0n) is 16.8. The maximum atomic E-state index is 12.5. The molecule has 4 aliphatic rings. The molecule has 0 aromatic heterocycles. The molecule has 1 N–H and O–H groups in total. The third-order valence-corrected chi connectivity index (χ3v) is 9.12. The number of fused-ring (bicyclic) bond motifs is 5. The minimum Gasteiger partial charge on any atom is -0.389 e. The van der Waals surface area contributed by atoms with Gasteiger partial charge in [0.1, 0.15) is 5.78 Å². The van der Waals surface area contributed by atoms with E-state index in [0.29, 0.717) is 35.9 Å². The highest BCUT2D eigenvalue weighted by Gasteiger charge is 2.63. The highest BCUT2D eigenvalue weighted by Crippen LogP contribution is 2.68. The number of aliphatic hydroxyl groups is 1. The Balaban J connectivity index is 1.73. The zero-order chi connectivity index (χ0) is 18.9. The predicted octanol–water partition coefficient (Wildman–Crippen LogP) is 4.33. The van der Waals surface area contributed by atoms with Gasteiger partial charge in [-0.15, -0.1) is 0 Å². The number of ketones is 2. The molecule has 0 aromatic carbocycles. The largest absolute Gasteiger partial charge is 0.389 e. The number of hydrogen-bond donors (Lipinski definition) is 1. The van der Waals surface area contributed by atoms with Gasteiger partial charge in [-0.05, 0) is 85.2 Å². The molecule has 0 amide bonds. The van der Waals surface area contributed by atoms with Crippen molar-refractivity contribution >= 4 is 11.6 Å². The van der Waals surface area contributed by atoms with Crippen LogP contribution in [0.2, 0.25) is 0 Å². The van der Waals surface area contributed by atoms with Crippen LogP contribution in [0.25, 0.3) is 0 Å². The molecule has 0 spiro atoms. The molecule has 3 nitrogen and oxygen atoms in total. The molecule has 8 atom stereocenters. The first-order valence-corrected chi connectivity index (χ1v) is 10.7. The van der Waals surface area contributed by atoms with E-state index >= 15 is 0 Å². The van der Waals surface area contributed by atoms with E-state index < -0.39 is 6.10 Å². The lowest BCUT2D eigenvalue weighted by Gasteiger charge is -2.59. The molecule has 0 radical (unpaired) electrons. The molecule has 0 aliphatic heterocycles. The fourth-order valence-corrected chi connectivity index (χ4v) is 7.98. The van der Waals surface area contributed by atoms with E-state index in [2.05, 4.69) is 20.8 Å².